The predicted molar refractivity (Wildman–Crippen MR) is 106 cm³/mol. The SMILES string of the molecule is CC(C)NS(=O)(=O)c1cc(C(=O)Nc2ccc(Cl)cc2Cl)c(Cl)cc1Cl. The van der Waals surface area contributed by atoms with Crippen molar-refractivity contribution in [1.82, 2.24) is 4.72 Å². The molecule has 5 nitrogen and oxygen atoms in total. The topological polar surface area (TPSA) is 75.3 Å². The lowest BCUT2D eigenvalue weighted by Crippen LogP contribution is -2.30. The number of carbonyl (C=O) groups is 1. The number of halogens is 4. The molecule has 2 rings (SSSR count). The maximum atomic E-state index is 12.5. The van der Waals surface area contributed by atoms with Gasteiger partial charge in [-0.25, -0.2) is 13.1 Å². The van der Waals surface area contributed by atoms with Crippen LogP contribution in [-0.2, 0) is 10.0 Å². The van der Waals surface area contributed by atoms with Crippen LogP contribution < -0.4 is 10.0 Å². The van der Waals surface area contributed by atoms with Crippen LogP contribution in [0.2, 0.25) is 20.1 Å². The van der Waals surface area contributed by atoms with Crippen LogP contribution in [0, 0.1) is 0 Å². The van der Waals surface area contributed by atoms with E-state index in [1.54, 1.807) is 19.9 Å². The number of anilines is 1. The van der Waals surface area contributed by atoms with Crippen molar-refractivity contribution in [2.24, 2.45) is 0 Å². The van der Waals surface area contributed by atoms with Crippen molar-refractivity contribution in [3.05, 3.63) is 56.0 Å². The minimum atomic E-state index is -3.91. The average molecular weight is 456 g/mol. The van der Waals surface area contributed by atoms with Crippen molar-refractivity contribution in [3.63, 3.8) is 0 Å². The number of nitrogens with one attached hydrogen (secondary N) is 2. The summed E-state index contributed by atoms with van der Waals surface area (Å²) in [6, 6.07) is 6.51. The average Bonchev–Trinajstić information content (AvgIpc) is 2.48. The first-order valence-electron chi connectivity index (χ1n) is 7.29. The maximum absolute atomic E-state index is 12.5. The van der Waals surface area contributed by atoms with E-state index in [2.05, 4.69) is 10.0 Å². The van der Waals surface area contributed by atoms with Gasteiger partial charge in [0.25, 0.3) is 5.91 Å². The monoisotopic (exact) mass is 454 g/mol. The van der Waals surface area contributed by atoms with Crippen LogP contribution in [0.1, 0.15) is 24.2 Å². The second-order valence-corrected chi connectivity index (χ2v) is 8.96. The van der Waals surface area contributed by atoms with E-state index in [4.69, 9.17) is 46.4 Å². The fraction of sp³-hybridized carbons (Fsp3) is 0.188. The Labute approximate surface area is 171 Å². The quantitative estimate of drug-likeness (QED) is 0.647. The summed E-state index contributed by atoms with van der Waals surface area (Å²) in [7, 11) is -3.91. The van der Waals surface area contributed by atoms with Crippen molar-refractivity contribution in [2.45, 2.75) is 24.8 Å². The second-order valence-electron chi connectivity index (χ2n) is 5.62. The maximum Gasteiger partial charge on any atom is 0.257 e. The normalized spacial score (nSPS) is 11.7. The number of rotatable bonds is 5. The lowest BCUT2D eigenvalue weighted by molar-refractivity contribution is 0.102. The molecule has 2 N–H and O–H groups in total. The molecule has 0 aliphatic heterocycles. The summed E-state index contributed by atoms with van der Waals surface area (Å²) in [6.45, 7) is 3.33. The fourth-order valence-electron chi connectivity index (χ4n) is 2.06. The molecule has 0 saturated carbocycles. The molecular formula is C16H14Cl4N2O3S. The Morgan fingerprint density at radius 2 is 1.62 bits per heavy atom. The Kier molecular flexibility index (Phi) is 6.82. The first-order valence-corrected chi connectivity index (χ1v) is 10.3. The van der Waals surface area contributed by atoms with Crippen LogP contribution in [-0.4, -0.2) is 20.4 Å². The highest BCUT2D eigenvalue weighted by Gasteiger charge is 2.23. The Bertz CT molecular complexity index is 962. The molecule has 0 fully saturated rings. The highest BCUT2D eigenvalue weighted by Crippen LogP contribution is 2.31. The molecule has 0 aliphatic carbocycles. The standard InChI is InChI=1S/C16H14Cl4N2O3S/c1-8(2)22-26(24,25)15-6-10(11(18)7-13(15)20)16(23)21-14-4-3-9(17)5-12(14)19/h3-8,22H,1-2H3,(H,21,23). The van der Waals surface area contributed by atoms with Gasteiger partial charge < -0.3 is 5.32 Å². The highest BCUT2D eigenvalue weighted by atomic mass is 35.5. The molecule has 0 atom stereocenters. The van der Waals surface area contributed by atoms with Gasteiger partial charge in [0.2, 0.25) is 10.0 Å². The predicted octanol–water partition coefficient (Wildman–Crippen LogP) is 5.24. The van der Waals surface area contributed by atoms with E-state index in [1.165, 1.54) is 18.2 Å². The minimum Gasteiger partial charge on any atom is -0.321 e. The Hall–Kier alpha value is -1.02. The number of amides is 1. The van der Waals surface area contributed by atoms with Gasteiger partial charge >= 0.3 is 0 Å². The molecule has 0 spiro atoms. The first-order chi connectivity index (χ1) is 12.0. The van der Waals surface area contributed by atoms with E-state index < -0.39 is 15.9 Å². The van der Waals surface area contributed by atoms with Gasteiger partial charge in [-0.15, -0.1) is 0 Å². The molecule has 0 aromatic heterocycles. The smallest absolute Gasteiger partial charge is 0.257 e. The summed E-state index contributed by atoms with van der Waals surface area (Å²) in [6.07, 6.45) is 0. The molecule has 0 radical (unpaired) electrons. The third-order valence-corrected chi connectivity index (χ3v) is 6.11. The van der Waals surface area contributed by atoms with E-state index in [-0.39, 0.29) is 31.6 Å². The summed E-state index contributed by atoms with van der Waals surface area (Å²) in [5, 5.41) is 3.10. The van der Waals surface area contributed by atoms with E-state index in [0.29, 0.717) is 10.7 Å². The largest absolute Gasteiger partial charge is 0.321 e. The second kappa shape index (κ2) is 8.33. The number of carbonyl (C=O) groups excluding carboxylic acids is 1. The molecule has 0 heterocycles. The number of sulfonamides is 1. The van der Waals surface area contributed by atoms with Gasteiger partial charge in [-0.3, -0.25) is 4.79 Å². The highest BCUT2D eigenvalue weighted by molar-refractivity contribution is 7.89. The molecular weight excluding hydrogens is 442 g/mol. The number of hydrogen-bond donors (Lipinski definition) is 2. The molecule has 2 aromatic rings. The van der Waals surface area contributed by atoms with Gasteiger partial charge in [0, 0.05) is 11.1 Å². The number of benzene rings is 2. The zero-order valence-corrected chi connectivity index (χ0v) is 17.4. The van der Waals surface area contributed by atoms with Crippen molar-refractivity contribution in [1.29, 1.82) is 0 Å². The molecule has 0 aliphatic rings. The molecule has 10 heteroatoms. The van der Waals surface area contributed by atoms with Crippen LogP contribution in [0.4, 0.5) is 5.69 Å². The Balaban J connectivity index is 2.43. The minimum absolute atomic E-state index is 0.00100. The van der Waals surface area contributed by atoms with E-state index in [0.717, 1.165) is 6.07 Å². The molecule has 0 unspecified atom stereocenters. The van der Waals surface area contributed by atoms with Gasteiger partial charge in [-0.2, -0.15) is 0 Å². The van der Waals surface area contributed by atoms with E-state index in [1.807, 2.05) is 0 Å². The van der Waals surface area contributed by atoms with Gasteiger partial charge in [0.05, 0.1) is 26.3 Å². The number of hydrogen-bond acceptors (Lipinski definition) is 3. The summed E-state index contributed by atoms with van der Waals surface area (Å²) in [5.74, 6) is -0.642. The Morgan fingerprint density at radius 1 is 0.962 bits per heavy atom. The lowest BCUT2D eigenvalue weighted by atomic mass is 10.2. The van der Waals surface area contributed by atoms with Crippen molar-refractivity contribution in [3.8, 4) is 0 Å². The van der Waals surface area contributed by atoms with Crippen LogP contribution >= 0.6 is 46.4 Å². The van der Waals surface area contributed by atoms with Crippen molar-refractivity contribution >= 4 is 68.0 Å². The Morgan fingerprint density at radius 3 is 2.19 bits per heavy atom. The van der Waals surface area contributed by atoms with Crippen LogP contribution in [0.25, 0.3) is 0 Å². The third-order valence-electron chi connectivity index (χ3n) is 3.13. The molecule has 0 saturated heterocycles. The summed E-state index contributed by atoms with van der Waals surface area (Å²) < 4.78 is 27.2. The van der Waals surface area contributed by atoms with Gasteiger partial charge in [-0.1, -0.05) is 46.4 Å². The van der Waals surface area contributed by atoms with Gasteiger partial charge in [-0.05, 0) is 44.2 Å². The lowest BCUT2D eigenvalue weighted by Gasteiger charge is -2.14. The van der Waals surface area contributed by atoms with Crippen molar-refractivity contribution in [2.75, 3.05) is 5.32 Å². The molecule has 2 aromatic carbocycles. The fourth-order valence-corrected chi connectivity index (χ4v) is 4.63. The summed E-state index contributed by atoms with van der Waals surface area (Å²) in [5.41, 5.74) is 0.239. The third kappa shape index (κ3) is 5.03. The van der Waals surface area contributed by atoms with Crippen LogP contribution in [0.15, 0.2) is 35.2 Å². The molecule has 1 amide bonds. The van der Waals surface area contributed by atoms with Crippen LogP contribution in [0.3, 0.4) is 0 Å². The zero-order chi connectivity index (χ0) is 19.6. The van der Waals surface area contributed by atoms with E-state index >= 15 is 0 Å². The van der Waals surface area contributed by atoms with Crippen LogP contribution in [0.5, 0.6) is 0 Å². The van der Waals surface area contributed by atoms with Crippen molar-refractivity contribution < 1.29 is 13.2 Å². The first kappa shape index (κ1) is 21.3. The molecule has 26 heavy (non-hydrogen) atoms. The summed E-state index contributed by atoms with van der Waals surface area (Å²) in [4.78, 5) is 12.3. The van der Waals surface area contributed by atoms with Gasteiger partial charge in [0.15, 0.2) is 0 Å². The molecule has 140 valence electrons. The van der Waals surface area contributed by atoms with Gasteiger partial charge in [0.1, 0.15) is 4.90 Å². The molecule has 0 bridgehead atoms. The summed E-state index contributed by atoms with van der Waals surface area (Å²) >= 11 is 23.9. The van der Waals surface area contributed by atoms with E-state index in [9.17, 15) is 13.2 Å². The zero-order valence-electron chi connectivity index (χ0n) is 13.6.